The molecule has 0 bridgehead atoms. The summed E-state index contributed by atoms with van der Waals surface area (Å²) >= 11 is 0. The minimum Gasteiger partial charge on any atom is -0.447 e. The zero-order valence-electron chi connectivity index (χ0n) is 12.5. The van der Waals surface area contributed by atoms with Crippen molar-refractivity contribution in [3.63, 3.8) is 0 Å². The van der Waals surface area contributed by atoms with Gasteiger partial charge in [-0.2, -0.15) is 5.10 Å². The molecule has 21 heavy (non-hydrogen) atoms. The summed E-state index contributed by atoms with van der Waals surface area (Å²) in [6.07, 6.45) is 1.83. The second-order valence-electron chi connectivity index (χ2n) is 4.84. The maximum atomic E-state index is 11.6. The molecule has 0 spiro atoms. The Bertz CT molecular complexity index is 718. The van der Waals surface area contributed by atoms with Crippen molar-refractivity contribution in [1.29, 1.82) is 0 Å². The lowest BCUT2D eigenvalue weighted by molar-refractivity contribution is 0.392. The predicted octanol–water partition coefficient (Wildman–Crippen LogP) is 1.08. The number of hydrogen-bond donors (Lipinski definition) is 2. The summed E-state index contributed by atoms with van der Waals surface area (Å²) < 4.78 is 32.5. The third-order valence-electron chi connectivity index (χ3n) is 3.49. The number of hydrogen-bond acceptors (Lipinski definition) is 5. The van der Waals surface area contributed by atoms with Crippen molar-refractivity contribution in [3.05, 3.63) is 35.3 Å². The van der Waals surface area contributed by atoms with E-state index in [1.165, 1.54) is 13.1 Å². The van der Waals surface area contributed by atoms with E-state index in [0.29, 0.717) is 12.3 Å². The van der Waals surface area contributed by atoms with Crippen LogP contribution in [0.15, 0.2) is 27.8 Å². The standard InChI is InChI=1S/C13H20N4O3S/c1-9(12-8-16-17(4)10(12)2)15-7-11-5-6-13(20-11)21(18,19)14-3/h5-6,8-9,14-15H,7H2,1-4H3. The Morgan fingerprint density at radius 1 is 1.43 bits per heavy atom. The van der Waals surface area contributed by atoms with Gasteiger partial charge in [0.1, 0.15) is 5.76 Å². The fourth-order valence-electron chi connectivity index (χ4n) is 2.00. The molecule has 0 aromatic carbocycles. The number of rotatable bonds is 6. The topological polar surface area (TPSA) is 89.2 Å². The number of aryl methyl sites for hydroxylation is 1. The lowest BCUT2D eigenvalue weighted by Gasteiger charge is -2.12. The van der Waals surface area contributed by atoms with Crippen LogP contribution in [0.25, 0.3) is 0 Å². The van der Waals surface area contributed by atoms with E-state index in [0.717, 1.165) is 11.3 Å². The van der Waals surface area contributed by atoms with E-state index in [1.807, 2.05) is 31.8 Å². The highest BCUT2D eigenvalue weighted by molar-refractivity contribution is 7.89. The summed E-state index contributed by atoms with van der Waals surface area (Å²) in [4.78, 5) is 0. The second-order valence-corrected chi connectivity index (χ2v) is 6.66. The van der Waals surface area contributed by atoms with Gasteiger partial charge in [-0.05, 0) is 33.0 Å². The minimum atomic E-state index is -3.53. The third kappa shape index (κ3) is 3.34. The summed E-state index contributed by atoms with van der Waals surface area (Å²) in [6.45, 7) is 4.47. The lowest BCUT2D eigenvalue weighted by Crippen LogP contribution is -2.19. The maximum Gasteiger partial charge on any atom is 0.273 e. The first-order valence-corrected chi connectivity index (χ1v) is 8.07. The lowest BCUT2D eigenvalue weighted by atomic mass is 10.1. The molecule has 0 aliphatic heterocycles. The summed E-state index contributed by atoms with van der Waals surface area (Å²) in [5.74, 6) is 0.567. The fraction of sp³-hybridized carbons (Fsp3) is 0.462. The van der Waals surface area contributed by atoms with Crippen LogP contribution in [0.5, 0.6) is 0 Å². The van der Waals surface area contributed by atoms with Gasteiger partial charge in [-0.1, -0.05) is 0 Å². The molecule has 2 rings (SSSR count). The van der Waals surface area contributed by atoms with Gasteiger partial charge in [0.25, 0.3) is 10.0 Å². The molecule has 1 unspecified atom stereocenters. The summed E-state index contributed by atoms with van der Waals surface area (Å²) in [5.41, 5.74) is 2.19. The minimum absolute atomic E-state index is 0.0768. The van der Waals surface area contributed by atoms with Crippen molar-refractivity contribution < 1.29 is 12.8 Å². The molecule has 0 aliphatic rings. The van der Waals surface area contributed by atoms with Crippen molar-refractivity contribution in [1.82, 2.24) is 19.8 Å². The fourth-order valence-corrected chi connectivity index (χ4v) is 2.67. The van der Waals surface area contributed by atoms with Crippen LogP contribution in [0, 0.1) is 6.92 Å². The molecule has 0 saturated carbocycles. The molecule has 116 valence electrons. The molecule has 2 aromatic rings. The Hall–Kier alpha value is -1.64. The van der Waals surface area contributed by atoms with Crippen molar-refractivity contribution in [2.24, 2.45) is 7.05 Å². The van der Waals surface area contributed by atoms with Gasteiger partial charge < -0.3 is 9.73 Å². The van der Waals surface area contributed by atoms with E-state index in [9.17, 15) is 8.42 Å². The Balaban J connectivity index is 2.02. The van der Waals surface area contributed by atoms with Crippen LogP contribution < -0.4 is 10.0 Å². The average molecular weight is 312 g/mol. The first-order chi connectivity index (χ1) is 9.85. The Labute approximate surface area is 124 Å². The number of nitrogens with zero attached hydrogens (tertiary/aromatic N) is 2. The molecule has 0 amide bonds. The van der Waals surface area contributed by atoms with Crippen LogP contribution in [0.2, 0.25) is 0 Å². The average Bonchev–Trinajstić information content (AvgIpc) is 3.05. The van der Waals surface area contributed by atoms with E-state index < -0.39 is 10.0 Å². The highest BCUT2D eigenvalue weighted by Crippen LogP contribution is 2.18. The van der Waals surface area contributed by atoms with Crippen LogP contribution in [0.3, 0.4) is 0 Å². The molecule has 0 radical (unpaired) electrons. The van der Waals surface area contributed by atoms with Gasteiger partial charge in [-0.3, -0.25) is 4.68 Å². The zero-order chi connectivity index (χ0) is 15.6. The number of aromatic nitrogens is 2. The number of sulfonamides is 1. The van der Waals surface area contributed by atoms with Gasteiger partial charge in [-0.25, -0.2) is 13.1 Å². The molecule has 0 fully saturated rings. The third-order valence-corrected chi connectivity index (χ3v) is 4.78. The van der Waals surface area contributed by atoms with E-state index in [4.69, 9.17) is 4.42 Å². The summed E-state index contributed by atoms with van der Waals surface area (Å²) in [6, 6.07) is 3.19. The van der Waals surface area contributed by atoms with Gasteiger partial charge in [0, 0.05) is 24.3 Å². The van der Waals surface area contributed by atoms with Crippen molar-refractivity contribution in [2.75, 3.05) is 7.05 Å². The molecular weight excluding hydrogens is 292 g/mol. The summed E-state index contributed by atoms with van der Waals surface area (Å²) in [7, 11) is -0.283. The van der Waals surface area contributed by atoms with Crippen LogP contribution in [0.4, 0.5) is 0 Å². The van der Waals surface area contributed by atoms with E-state index >= 15 is 0 Å². The van der Waals surface area contributed by atoms with Crippen molar-refractivity contribution in [2.45, 2.75) is 31.5 Å². The quantitative estimate of drug-likeness (QED) is 0.833. The van der Waals surface area contributed by atoms with Gasteiger partial charge in [0.2, 0.25) is 5.09 Å². The SMILES string of the molecule is CNS(=O)(=O)c1ccc(CNC(C)c2cnn(C)c2C)o1. The summed E-state index contributed by atoms with van der Waals surface area (Å²) in [5, 5.41) is 7.42. The van der Waals surface area contributed by atoms with Crippen LogP contribution in [0.1, 0.15) is 30.0 Å². The van der Waals surface area contributed by atoms with Crippen LogP contribution >= 0.6 is 0 Å². The van der Waals surface area contributed by atoms with E-state index in [1.54, 1.807) is 6.07 Å². The van der Waals surface area contributed by atoms with Crippen LogP contribution in [-0.4, -0.2) is 25.2 Å². The highest BCUT2D eigenvalue weighted by atomic mass is 32.2. The molecule has 7 nitrogen and oxygen atoms in total. The van der Waals surface area contributed by atoms with Crippen molar-refractivity contribution >= 4 is 10.0 Å². The van der Waals surface area contributed by atoms with Gasteiger partial charge in [0.15, 0.2) is 0 Å². The van der Waals surface area contributed by atoms with Gasteiger partial charge in [0.05, 0.1) is 12.7 Å². The van der Waals surface area contributed by atoms with Crippen LogP contribution in [-0.2, 0) is 23.6 Å². The smallest absolute Gasteiger partial charge is 0.273 e. The predicted molar refractivity (Wildman–Crippen MR) is 78.2 cm³/mol. The molecule has 2 heterocycles. The molecule has 0 aliphatic carbocycles. The highest BCUT2D eigenvalue weighted by Gasteiger charge is 2.17. The molecular formula is C13H20N4O3S. The number of furan rings is 1. The maximum absolute atomic E-state index is 11.6. The number of nitrogens with one attached hydrogen (secondary N) is 2. The molecule has 0 saturated heterocycles. The second kappa shape index (κ2) is 6.00. The first-order valence-electron chi connectivity index (χ1n) is 6.59. The Kier molecular flexibility index (Phi) is 4.50. The first kappa shape index (κ1) is 15.7. The van der Waals surface area contributed by atoms with Gasteiger partial charge >= 0.3 is 0 Å². The van der Waals surface area contributed by atoms with Crippen molar-refractivity contribution in [3.8, 4) is 0 Å². The van der Waals surface area contributed by atoms with E-state index in [2.05, 4.69) is 15.1 Å². The monoisotopic (exact) mass is 312 g/mol. The molecule has 1 atom stereocenters. The zero-order valence-corrected chi connectivity index (χ0v) is 13.4. The Morgan fingerprint density at radius 3 is 2.71 bits per heavy atom. The molecule has 2 N–H and O–H groups in total. The van der Waals surface area contributed by atoms with E-state index in [-0.39, 0.29) is 11.1 Å². The molecule has 2 aromatic heterocycles. The van der Waals surface area contributed by atoms with Gasteiger partial charge in [-0.15, -0.1) is 0 Å². The normalized spacial score (nSPS) is 13.5. The Morgan fingerprint density at radius 2 is 2.14 bits per heavy atom. The molecule has 8 heteroatoms. The largest absolute Gasteiger partial charge is 0.447 e.